The third-order valence-electron chi connectivity index (χ3n) is 7.34. The summed E-state index contributed by atoms with van der Waals surface area (Å²) >= 11 is 0. The highest BCUT2D eigenvalue weighted by atomic mass is 16.6. The van der Waals surface area contributed by atoms with E-state index in [-0.39, 0.29) is 31.2 Å². The van der Waals surface area contributed by atoms with Gasteiger partial charge in [-0.3, -0.25) is 4.79 Å². The van der Waals surface area contributed by atoms with Gasteiger partial charge in [-0.15, -0.1) is 13.2 Å². The van der Waals surface area contributed by atoms with Crippen LogP contribution in [-0.4, -0.2) is 61.1 Å². The first-order valence-corrected chi connectivity index (χ1v) is 11.2. The van der Waals surface area contributed by atoms with Crippen LogP contribution in [0.2, 0.25) is 0 Å². The molecule has 0 spiro atoms. The summed E-state index contributed by atoms with van der Waals surface area (Å²) in [5.41, 5.74) is -1.66. The van der Waals surface area contributed by atoms with E-state index in [1.54, 1.807) is 0 Å². The summed E-state index contributed by atoms with van der Waals surface area (Å²) in [5, 5.41) is 12.1. The van der Waals surface area contributed by atoms with Gasteiger partial charge in [-0.05, 0) is 72.1 Å². The minimum absolute atomic E-state index is 0. The summed E-state index contributed by atoms with van der Waals surface area (Å²) in [6, 6.07) is 0. The highest BCUT2D eigenvalue weighted by Gasteiger charge is 2.52. The van der Waals surface area contributed by atoms with E-state index in [9.17, 15) is 9.59 Å². The minimum Gasteiger partial charge on any atom is -0.481 e. The molecule has 0 aromatic rings. The number of rotatable bonds is 4. The molecule has 4 bridgehead atoms. The van der Waals surface area contributed by atoms with Gasteiger partial charge in [-0.25, -0.2) is 4.79 Å². The van der Waals surface area contributed by atoms with Crippen LogP contribution < -0.4 is 5.32 Å². The molecule has 4 aliphatic heterocycles. The van der Waals surface area contributed by atoms with Crippen molar-refractivity contribution >= 4 is 20.5 Å². The number of nitrogens with one attached hydrogen (secondary N) is 1. The Morgan fingerprint density at radius 3 is 1.69 bits per heavy atom. The molecule has 0 aromatic heterocycles. The second-order valence-corrected chi connectivity index (χ2v) is 10.6. The molecule has 2 saturated carbocycles. The fourth-order valence-electron chi connectivity index (χ4n) is 4.93. The fraction of sp³-hybridized carbons (Fsp3) is 0.750. The van der Waals surface area contributed by atoms with Crippen molar-refractivity contribution in [2.45, 2.75) is 94.5 Å². The van der Waals surface area contributed by atoms with Gasteiger partial charge in [0, 0.05) is 8.41 Å². The summed E-state index contributed by atoms with van der Waals surface area (Å²) < 4.78 is 16.7. The number of hydrogen-bond acceptors (Lipinski definition) is 5. The monoisotopic (exact) mass is 446 g/mol. The third kappa shape index (κ3) is 5.39. The molecule has 8 heteroatoms. The van der Waals surface area contributed by atoms with E-state index >= 15 is 0 Å². The van der Waals surface area contributed by atoms with E-state index in [1.165, 1.54) is 0 Å². The zero-order valence-corrected chi connectivity index (χ0v) is 19.7. The smallest absolute Gasteiger partial charge is 0.408 e. The Labute approximate surface area is 193 Å². The van der Waals surface area contributed by atoms with Gasteiger partial charge >= 0.3 is 12.1 Å². The average Bonchev–Trinajstić information content (AvgIpc) is 2.75. The Kier molecular flexibility index (Phi) is 7.62. The van der Waals surface area contributed by atoms with Crippen LogP contribution in [0.5, 0.6) is 0 Å². The molecule has 0 unspecified atom stereocenters. The molecule has 177 valence electrons. The number of carbonyl (C=O) groups is 2. The van der Waals surface area contributed by atoms with Crippen LogP contribution in [0, 0.1) is 5.41 Å². The molecular weight excluding hydrogens is 409 g/mol. The van der Waals surface area contributed by atoms with Crippen LogP contribution in [0.1, 0.15) is 72.1 Å². The van der Waals surface area contributed by atoms with Gasteiger partial charge in [0.05, 0.1) is 35.4 Å². The van der Waals surface area contributed by atoms with E-state index in [0.29, 0.717) is 13.2 Å². The van der Waals surface area contributed by atoms with Gasteiger partial charge in [0.2, 0.25) is 0 Å². The Morgan fingerprint density at radius 1 is 0.906 bits per heavy atom. The standard InChI is InChI=1S/C14H23NO3.C10H14O3.B/c1-5-14-8-6-13(7-9-14,10-17-14)15-11(16)18-12(2,3)4;1-2-10-5-3-9(4-6-10,7-13-10)8(11)12;/h5H,1,6-10H2,2-4H3,(H,15,16);2H,1,3-7H2,(H,11,12);. The number of carboxylic acid groups (broad SMARTS) is 1. The van der Waals surface area contributed by atoms with E-state index in [0.717, 1.165) is 51.4 Å². The van der Waals surface area contributed by atoms with Crippen LogP contribution in [0.3, 0.4) is 0 Å². The molecule has 7 nitrogen and oxygen atoms in total. The van der Waals surface area contributed by atoms with Crippen molar-refractivity contribution in [2.24, 2.45) is 5.41 Å². The van der Waals surface area contributed by atoms with E-state index in [4.69, 9.17) is 19.3 Å². The van der Waals surface area contributed by atoms with Crippen molar-refractivity contribution in [2.75, 3.05) is 13.2 Å². The molecule has 3 radical (unpaired) electrons. The first-order chi connectivity index (χ1) is 14.4. The zero-order chi connectivity index (χ0) is 23.0. The van der Waals surface area contributed by atoms with Gasteiger partial charge in [-0.2, -0.15) is 0 Å². The fourth-order valence-corrected chi connectivity index (χ4v) is 4.93. The van der Waals surface area contributed by atoms with Crippen LogP contribution in [0.25, 0.3) is 0 Å². The number of carboxylic acids is 1. The Hall–Kier alpha value is -1.80. The van der Waals surface area contributed by atoms with Crippen molar-refractivity contribution in [3.8, 4) is 0 Å². The number of amides is 1. The van der Waals surface area contributed by atoms with Gasteiger partial charge in [0.25, 0.3) is 0 Å². The number of fused-ring (bicyclic) bond motifs is 6. The predicted octanol–water partition coefficient (Wildman–Crippen LogP) is 3.98. The molecule has 0 aromatic carbocycles. The lowest BCUT2D eigenvalue weighted by Crippen LogP contribution is -2.62. The van der Waals surface area contributed by atoms with Gasteiger partial charge < -0.3 is 24.6 Å². The highest BCUT2D eigenvalue weighted by molar-refractivity contribution is 5.76. The molecule has 4 heterocycles. The minimum atomic E-state index is -0.704. The van der Waals surface area contributed by atoms with Crippen molar-refractivity contribution in [3.05, 3.63) is 25.3 Å². The summed E-state index contributed by atoms with van der Waals surface area (Å²) in [7, 11) is 0. The van der Waals surface area contributed by atoms with Gasteiger partial charge in [0.1, 0.15) is 5.60 Å². The van der Waals surface area contributed by atoms with Crippen molar-refractivity contribution < 1.29 is 28.9 Å². The lowest BCUT2D eigenvalue weighted by molar-refractivity contribution is -0.188. The summed E-state index contributed by atoms with van der Waals surface area (Å²) in [5.74, 6) is -0.704. The number of aliphatic carboxylic acids is 1. The largest absolute Gasteiger partial charge is 0.481 e. The van der Waals surface area contributed by atoms with Crippen molar-refractivity contribution in [1.29, 1.82) is 0 Å². The number of carbonyl (C=O) groups excluding carboxylic acids is 1. The number of ether oxygens (including phenoxy) is 3. The first kappa shape index (κ1) is 26.5. The maximum absolute atomic E-state index is 11.8. The van der Waals surface area contributed by atoms with Gasteiger partial charge in [-0.1, -0.05) is 12.2 Å². The lowest BCUT2D eigenvalue weighted by Gasteiger charge is -2.52. The SMILES string of the molecule is C=CC12CCC(C(=O)O)(CC1)CO2.C=CC12CCC(NC(=O)OC(C)(C)C)(CC1)CO2.[B]. The molecule has 1 amide bonds. The molecule has 2 aliphatic carbocycles. The maximum atomic E-state index is 11.8. The van der Waals surface area contributed by atoms with Crippen molar-refractivity contribution in [1.82, 2.24) is 5.32 Å². The molecule has 4 saturated heterocycles. The zero-order valence-electron chi connectivity index (χ0n) is 19.7. The number of alkyl carbamates (subject to hydrolysis) is 1. The molecular formula is C24H37BNO6. The quantitative estimate of drug-likeness (QED) is 0.501. The molecule has 6 rings (SSSR count). The van der Waals surface area contributed by atoms with Crippen LogP contribution in [0.4, 0.5) is 4.79 Å². The van der Waals surface area contributed by atoms with E-state index < -0.39 is 17.0 Å². The lowest BCUT2D eigenvalue weighted by atomic mass is 9.66. The maximum Gasteiger partial charge on any atom is 0.408 e. The first-order valence-electron chi connectivity index (χ1n) is 11.2. The summed E-state index contributed by atoms with van der Waals surface area (Å²) in [4.78, 5) is 22.9. The second kappa shape index (κ2) is 9.22. The predicted molar refractivity (Wildman–Crippen MR) is 123 cm³/mol. The van der Waals surface area contributed by atoms with Crippen molar-refractivity contribution in [3.63, 3.8) is 0 Å². The Balaban J connectivity index is 0.000000230. The number of hydrogen-bond donors (Lipinski definition) is 2. The van der Waals surface area contributed by atoms with Crippen LogP contribution >= 0.6 is 0 Å². The summed E-state index contributed by atoms with van der Waals surface area (Å²) in [6.07, 6.45) is 10.2. The molecule has 32 heavy (non-hydrogen) atoms. The summed E-state index contributed by atoms with van der Waals surface area (Å²) in [6.45, 7) is 14.1. The van der Waals surface area contributed by atoms with E-state index in [2.05, 4.69) is 18.5 Å². The third-order valence-corrected chi connectivity index (χ3v) is 7.34. The second-order valence-electron chi connectivity index (χ2n) is 10.6. The molecule has 6 fully saturated rings. The topological polar surface area (TPSA) is 94.1 Å². The molecule has 6 aliphatic rings. The van der Waals surface area contributed by atoms with Crippen LogP contribution in [0.15, 0.2) is 25.3 Å². The highest BCUT2D eigenvalue weighted by Crippen LogP contribution is 2.49. The van der Waals surface area contributed by atoms with Gasteiger partial charge in [0.15, 0.2) is 0 Å². The van der Waals surface area contributed by atoms with Crippen LogP contribution in [-0.2, 0) is 19.0 Å². The Morgan fingerprint density at radius 2 is 1.38 bits per heavy atom. The van der Waals surface area contributed by atoms with E-state index in [1.807, 2.05) is 32.9 Å². The Bertz CT molecular complexity index is 694. The average molecular weight is 446 g/mol. The molecule has 2 N–H and O–H groups in total. The normalized spacial score (nSPS) is 37.2. The molecule has 0 atom stereocenters.